The largest absolute Gasteiger partial charge is 0.419 e. The average molecular weight is 246 g/mol. The molecular weight excluding hydrogens is 228 g/mol. The highest BCUT2D eigenvalue weighted by atomic mass is 16.4. The molecule has 1 fully saturated rings. The van der Waals surface area contributed by atoms with E-state index in [9.17, 15) is 4.79 Å². The number of nitrogens with two attached hydrogens (primary N) is 1. The molecule has 0 atom stereocenters. The van der Waals surface area contributed by atoms with Gasteiger partial charge in [0.15, 0.2) is 5.58 Å². The van der Waals surface area contributed by atoms with Gasteiger partial charge in [0.05, 0.1) is 5.52 Å². The molecular formula is C14H18N2O2. The molecule has 2 N–H and O–H groups in total. The van der Waals surface area contributed by atoms with E-state index in [4.69, 9.17) is 10.2 Å². The van der Waals surface area contributed by atoms with Gasteiger partial charge in [-0.05, 0) is 30.5 Å². The number of fused-ring (bicyclic) bond motifs is 1. The van der Waals surface area contributed by atoms with Crippen molar-refractivity contribution in [2.24, 2.45) is 12.8 Å². The van der Waals surface area contributed by atoms with Gasteiger partial charge in [-0.25, -0.2) is 4.79 Å². The van der Waals surface area contributed by atoms with Crippen LogP contribution in [0.3, 0.4) is 0 Å². The second kappa shape index (κ2) is 3.99. The molecule has 0 saturated heterocycles. The van der Waals surface area contributed by atoms with E-state index in [1.807, 2.05) is 18.2 Å². The van der Waals surface area contributed by atoms with Crippen LogP contribution in [-0.2, 0) is 12.6 Å². The van der Waals surface area contributed by atoms with Crippen molar-refractivity contribution in [2.45, 2.75) is 37.6 Å². The molecule has 3 rings (SSSR count). The number of rotatable bonds is 1. The number of aromatic nitrogens is 1. The van der Waals surface area contributed by atoms with E-state index in [1.165, 1.54) is 23.8 Å². The molecule has 18 heavy (non-hydrogen) atoms. The average Bonchev–Trinajstić information content (AvgIpc) is 2.66. The molecule has 2 aromatic rings. The number of oxazole rings is 1. The fraction of sp³-hybridized carbons (Fsp3) is 0.500. The summed E-state index contributed by atoms with van der Waals surface area (Å²) in [5.41, 5.74) is 8.78. The summed E-state index contributed by atoms with van der Waals surface area (Å²) in [5.74, 6) is -0.322. The van der Waals surface area contributed by atoms with Crippen LogP contribution in [0.1, 0.15) is 37.7 Å². The summed E-state index contributed by atoms with van der Waals surface area (Å²) in [6, 6.07) is 5.89. The summed E-state index contributed by atoms with van der Waals surface area (Å²) < 4.78 is 6.74. The lowest BCUT2D eigenvalue weighted by Crippen LogP contribution is -2.38. The lowest BCUT2D eigenvalue weighted by molar-refractivity contribution is 0.302. The van der Waals surface area contributed by atoms with Gasteiger partial charge >= 0.3 is 5.76 Å². The number of aryl methyl sites for hydroxylation is 1. The maximum absolute atomic E-state index is 11.5. The Morgan fingerprint density at radius 1 is 1.28 bits per heavy atom. The van der Waals surface area contributed by atoms with Crippen LogP contribution in [0, 0.1) is 0 Å². The molecule has 0 spiro atoms. The Hall–Kier alpha value is -1.55. The van der Waals surface area contributed by atoms with Crippen LogP contribution in [0.4, 0.5) is 0 Å². The minimum absolute atomic E-state index is 0.249. The van der Waals surface area contributed by atoms with Crippen LogP contribution < -0.4 is 11.5 Å². The van der Waals surface area contributed by atoms with Crippen molar-refractivity contribution >= 4 is 11.1 Å². The Balaban J connectivity index is 2.10. The first kappa shape index (κ1) is 11.5. The van der Waals surface area contributed by atoms with Crippen molar-refractivity contribution in [3.8, 4) is 0 Å². The van der Waals surface area contributed by atoms with Crippen LogP contribution in [0.25, 0.3) is 11.1 Å². The van der Waals surface area contributed by atoms with Crippen molar-refractivity contribution in [1.29, 1.82) is 0 Å². The molecule has 4 nitrogen and oxygen atoms in total. The Labute approximate surface area is 105 Å². The Morgan fingerprint density at radius 2 is 2.00 bits per heavy atom. The highest BCUT2D eigenvalue weighted by molar-refractivity contribution is 5.74. The smallest absolute Gasteiger partial charge is 0.408 e. The second-order valence-corrected chi connectivity index (χ2v) is 5.33. The number of benzene rings is 1. The second-order valence-electron chi connectivity index (χ2n) is 5.33. The van der Waals surface area contributed by atoms with Gasteiger partial charge in [-0.1, -0.05) is 25.3 Å². The summed E-state index contributed by atoms with van der Waals surface area (Å²) >= 11 is 0. The van der Waals surface area contributed by atoms with Gasteiger partial charge < -0.3 is 10.2 Å². The Bertz CT molecular complexity index is 633. The summed E-state index contributed by atoms with van der Waals surface area (Å²) in [6.45, 7) is 0. The van der Waals surface area contributed by atoms with E-state index in [0.29, 0.717) is 5.58 Å². The molecule has 1 aromatic carbocycles. The van der Waals surface area contributed by atoms with E-state index < -0.39 is 0 Å². The standard InChI is InChI=1S/C14H18N2O2/c1-16-11-6-5-10(9-12(11)18-13(16)17)14(15)7-3-2-4-8-14/h5-6,9H,2-4,7-8,15H2,1H3. The zero-order chi connectivity index (χ0) is 12.8. The Kier molecular flexibility index (Phi) is 2.55. The fourth-order valence-electron chi connectivity index (χ4n) is 2.91. The number of hydrogen-bond acceptors (Lipinski definition) is 3. The van der Waals surface area contributed by atoms with Crippen molar-refractivity contribution in [3.63, 3.8) is 0 Å². The van der Waals surface area contributed by atoms with E-state index >= 15 is 0 Å². The summed E-state index contributed by atoms with van der Waals surface area (Å²) in [6.07, 6.45) is 5.63. The summed E-state index contributed by atoms with van der Waals surface area (Å²) in [5, 5.41) is 0. The zero-order valence-electron chi connectivity index (χ0n) is 10.6. The molecule has 1 aliphatic carbocycles. The van der Waals surface area contributed by atoms with Gasteiger partial charge in [0.1, 0.15) is 0 Å². The van der Waals surface area contributed by atoms with Crippen molar-refractivity contribution < 1.29 is 4.42 Å². The van der Waals surface area contributed by atoms with Gasteiger partial charge in [0.2, 0.25) is 0 Å². The first-order valence-corrected chi connectivity index (χ1v) is 6.49. The first-order chi connectivity index (χ1) is 8.60. The van der Waals surface area contributed by atoms with E-state index in [-0.39, 0.29) is 11.3 Å². The third-order valence-electron chi connectivity index (χ3n) is 4.11. The third-order valence-corrected chi connectivity index (χ3v) is 4.11. The van der Waals surface area contributed by atoms with Crippen molar-refractivity contribution in [2.75, 3.05) is 0 Å². The third kappa shape index (κ3) is 1.68. The quantitative estimate of drug-likeness (QED) is 0.839. The summed E-state index contributed by atoms with van der Waals surface area (Å²) in [7, 11) is 1.71. The first-order valence-electron chi connectivity index (χ1n) is 6.49. The van der Waals surface area contributed by atoms with E-state index in [1.54, 1.807) is 7.05 Å². The van der Waals surface area contributed by atoms with Crippen molar-refractivity contribution in [3.05, 3.63) is 34.3 Å². The van der Waals surface area contributed by atoms with Gasteiger partial charge in [-0.3, -0.25) is 4.57 Å². The molecule has 0 aliphatic heterocycles. The highest BCUT2D eigenvalue weighted by Gasteiger charge is 2.29. The topological polar surface area (TPSA) is 61.2 Å². The van der Waals surface area contributed by atoms with E-state index in [2.05, 4.69) is 0 Å². The van der Waals surface area contributed by atoms with Gasteiger partial charge in [0, 0.05) is 12.6 Å². The predicted octanol–water partition coefficient (Wildman–Crippen LogP) is 2.25. The predicted molar refractivity (Wildman–Crippen MR) is 70.4 cm³/mol. The summed E-state index contributed by atoms with van der Waals surface area (Å²) in [4.78, 5) is 11.5. The monoisotopic (exact) mass is 246 g/mol. The van der Waals surface area contributed by atoms with Crippen LogP contribution >= 0.6 is 0 Å². The van der Waals surface area contributed by atoms with Crippen LogP contribution in [0.15, 0.2) is 27.4 Å². The minimum atomic E-state index is -0.322. The molecule has 4 heteroatoms. The maximum atomic E-state index is 11.5. The molecule has 0 radical (unpaired) electrons. The van der Waals surface area contributed by atoms with Crippen LogP contribution in [0.2, 0.25) is 0 Å². The van der Waals surface area contributed by atoms with Gasteiger partial charge in [0.25, 0.3) is 0 Å². The van der Waals surface area contributed by atoms with Crippen LogP contribution in [0.5, 0.6) is 0 Å². The molecule has 1 saturated carbocycles. The number of hydrogen-bond donors (Lipinski definition) is 1. The van der Waals surface area contributed by atoms with Crippen molar-refractivity contribution in [1.82, 2.24) is 4.57 Å². The maximum Gasteiger partial charge on any atom is 0.419 e. The minimum Gasteiger partial charge on any atom is -0.408 e. The molecule has 96 valence electrons. The lowest BCUT2D eigenvalue weighted by Gasteiger charge is -2.33. The molecule has 1 aromatic heterocycles. The molecule has 0 amide bonds. The lowest BCUT2D eigenvalue weighted by atomic mass is 9.77. The molecule has 1 heterocycles. The fourth-order valence-corrected chi connectivity index (χ4v) is 2.91. The Morgan fingerprint density at radius 3 is 2.72 bits per heavy atom. The number of nitrogens with zero attached hydrogens (tertiary/aromatic N) is 1. The molecule has 0 unspecified atom stereocenters. The molecule has 1 aliphatic rings. The normalized spacial score (nSPS) is 19.2. The van der Waals surface area contributed by atoms with Gasteiger partial charge in [-0.2, -0.15) is 0 Å². The highest BCUT2D eigenvalue weighted by Crippen LogP contribution is 2.35. The SMILES string of the molecule is Cn1c(=O)oc2cc(C3(N)CCCCC3)ccc21. The zero-order valence-corrected chi connectivity index (χ0v) is 10.6. The van der Waals surface area contributed by atoms with Gasteiger partial charge in [-0.15, -0.1) is 0 Å². The molecule has 0 bridgehead atoms. The van der Waals surface area contributed by atoms with Crippen LogP contribution in [-0.4, -0.2) is 4.57 Å². The van der Waals surface area contributed by atoms with E-state index in [0.717, 1.165) is 23.9 Å².